The summed E-state index contributed by atoms with van der Waals surface area (Å²) in [5.41, 5.74) is 4.72. The quantitative estimate of drug-likeness (QED) is 0.643. The van der Waals surface area contributed by atoms with Gasteiger partial charge in [0.25, 0.3) is 0 Å². The molecule has 20 heavy (non-hydrogen) atoms. The molecular weight excluding hydrogens is 256 g/mol. The Balaban J connectivity index is 2.32. The molecule has 2 rings (SSSR count). The van der Waals surface area contributed by atoms with Crippen molar-refractivity contribution in [3.05, 3.63) is 41.2 Å². The van der Waals surface area contributed by atoms with E-state index in [1.54, 1.807) is 13.2 Å². The number of nitrogens with one attached hydrogen (secondary N) is 1. The van der Waals surface area contributed by atoms with E-state index < -0.39 is 0 Å². The highest BCUT2D eigenvalue weighted by Gasteiger charge is 2.08. The van der Waals surface area contributed by atoms with Gasteiger partial charge in [0.05, 0.1) is 0 Å². The van der Waals surface area contributed by atoms with Crippen molar-refractivity contribution in [3.63, 3.8) is 0 Å². The van der Waals surface area contributed by atoms with Gasteiger partial charge >= 0.3 is 0 Å². The minimum atomic E-state index is 0.290. The summed E-state index contributed by atoms with van der Waals surface area (Å²) >= 11 is 0. The summed E-state index contributed by atoms with van der Waals surface area (Å²) in [4.78, 5) is 8.45. The second kappa shape index (κ2) is 6.31. The van der Waals surface area contributed by atoms with Gasteiger partial charge in [-0.3, -0.25) is 0 Å². The van der Waals surface area contributed by atoms with E-state index in [2.05, 4.69) is 15.4 Å². The molecule has 0 fully saturated rings. The van der Waals surface area contributed by atoms with E-state index >= 15 is 0 Å². The van der Waals surface area contributed by atoms with Crippen LogP contribution < -0.4 is 16.0 Å². The van der Waals surface area contributed by atoms with Crippen molar-refractivity contribution >= 4 is 5.82 Å². The summed E-state index contributed by atoms with van der Waals surface area (Å²) in [5, 5.41) is 0. The lowest BCUT2D eigenvalue weighted by atomic mass is 10.1. The molecule has 3 N–H and O–H groups in total. The predicted octanol–water partition coefficient (Wildman–Crippen LogP) is 2.32. The van der Waals surface area contributed by atoms with Crippen LogP contribution in [-0.2, 0) is 11.3 Å². The van der Waals surface area contributed by atoms with Crippen LogP contribution in [0.15, 0.2) is 24.3 Å². The van der Waals surface area contributed by atoms with Crippen molar-refractivity contribution in [2.24, 2.45) is 5.84 Å². The SMILES string of the molecule is COCc1nc(NN)cc(Oc2cccc(C)c2C)n1. The number of rotatable bonds is 5. The number of aryl methyl sites for hydroxylation is 1. The highest BCUT2D eigenvalue weighted by molar-refractivity contribution is 5.43. The van der Waals surface area contributed by atoms with Crippen molar-refractivity contribution < 1.29 is 9.47 Å². The van der Waals surface area contributed by atoms with Crippen LogP contribution in [0.5, 0.6) is 11.6 Å². The zero-order valence-corrected chi connectivity index (χ0v) is 11.8. The van der Waals surface area contributed by atoms with Gasteiger partial charge in [0.2, 0.25) is 5.88 Å². The number of hydrazine groups is 1. The topological polar surface area (TPSA) is 82.3 Å². The van der Waals surface area contributed by atoms with E-state index in [0.29, 0.717) is 24.1 Å². The Labute approximate surface area is 117 Å². The van der Waals surface area contributed by atoms with Gasteiger partial charge in [0.15, 0.2) is 5.82 Å². The summed E-state index contributed by atoms with van der Waals surface area (Å²) in [5.74, 6) is 7.56. The third-order valence-corrected chi connectivity index (χ3v) is 2.94. The first-order chi connectivity index (χ1) is 9.63. The zero-order chi connectivity index (χ0) is 14.5. The van der Waals surface area contributed by atoms with Crippen LogP contribution in [-0.4, -0.2) is 17.1 Å². The highest BCUT2D eigenvalue weighted by atomic mass is 16.5. The number of benzene rings is 1. The molecule has 0 saturated carbocycles. The molecule has 0 unspecified atom stereocenters. The number of aromatic nitrogens is 2. The summed E-state index contributed by atoms with van der Waals surface area (Å²) in [6.07, 6.45) is 0. The van der Waals surface area contributed by atoms with Crippen LogP contribution >= 0.6 is 0 Å². The number of hydrogen-bond donors (Lipinski definition) is 2. The van der Waals surface area contributed by atoms with Gasteiger partial charge in [-0.05, 0) is 31.0 Å². The minimum Gasteiger partial charge on any atom is -0.439 e. The van der Waals surface area contributed by atoms with Crippen LogP contribution in [0.3, 0.4) is 0 Å². The van der Waals surface area contributed by atoms with E-state index in [1.165, 1.54) is 0 Å². The number of ether oxygens (including phenoxy) is 2. The van der Waals surface area contributed by atoms with Gasteiger partial charge in [-0.2, -0.15) is 4.98 Å². The predicted molar refractivity (Wildman–Crippen MR) is 76.5 cm³/mol. The van der Waals surface area contributed by atoms with Gasteiger partial charge in [-0.1, -0.05) is 12.1 Å². The maximum Gasteiger partial charge on any atom is 0.224 e. The molecule has 6 nitrogen and oxygen atoms in total. The fraction of sp³-hybridized carbons (Fsp3) is 0.286. The largest absolute Gasteiger partial charge is 0.439 e. The highest BCUT2D eigenvalue weighted by Crippen LogP contribution is 2.26. The number of hydrogen-bond acceptors (Lipinski definition) is 6. The Bertz CT molecular complexity index is 602. The molecule has 1 aromatic heterocycles. The summed E-state index contributed by atoms with van der Waals surface area (Å²) < 4.78 is 10.8. The number of anilines is 1. The van der Waals surface area contributed by atoms with Gasteiger partial charge in [0.1, 0.15) is 18.2 Å². The molecule has 0 saturated heterocycles. The van der Waals surface area contributed by atoms with E-state index in [0.717, 1.165) is 16.9 Å². The maximum absolute atomic E-state index is 5.82. The summed E-state index contributed by atoms with van der Waals surface area (Å²) in [7, 11) is 1.58. The van der Waals surface area contributed by atoms with Crippen LogP contribution in [0.2, 0.25) is 0 Å². The molecule has 6 heteroatoms. The van der Waals surface area contributed by atoms with Crippen molar-refractivity contribution in [2.75, 3.05) is 12.5 Å². The Morgan fingerprint density at radius 2 is 2.05 bits per heavy atom. The van der Waals surface area contributed by atoms with Gasteiger partial charge < -0.3 is 14.9 Å². The first-order valence-corrected chi connectivity index (χ1v) is 6.21. The van der Waals surface area contributed by atoms with Crippen molar-refractivity contribution in [1.29, 1.82) is 0 Å². The number of nitrogens with zero attached hydrogens (tertiary/aromatic N) is 2. The van der Waals surface area contributed by atoms with Gasteiger partial charge in [-0.15, -0.1) is 0 Å². The molecule has 0 aliphatic rings. The lowest BCUT2D eigenvalue weighted by Crippen LogP contribution is -2.11. The van der Waals surface area contributed by atoms with Crippen LogP contribution in [0.25, 0.3) is 0 Å². The van der Waals surface area contributed by atoms with Crippen LogP contribution in [0.4, 0.5) is 5.82 Å². The molecule has 0 bridgehead atoms. The number of nitrogens with two attached hydrogens (primary N) is 1. The fourth-order valence-electron chi connectivity index (χ4n) is 1.74. The lowest BCUT2D eigenvalue weighted by molar-refractivity contribution is 0.177. The van der Waals surface area contributed by atoms with Crippen molar-refractivity contribution in [2.45, 2.75) is 20.5 Å². The Kier molecular flexibility index (Phi) is 4.49. The smallest absolute Gasteiger partial charge is 0.224 e. The van der Waals surface area contributed by atoms with E-state index in [-0.39, 0.29) is 0 Å². The molecule has 2 aromatic rings. The average molecular weight is 274 g/mol. The first-order valence-electron chi connectivity index (χ1n) is 6.21. The number of nitrogen functional groups attached to an aromatic ring is 1. The van der Waals surface area contributed by atoms with Gasteiger partial charge in [-0.25, -0.2) is 10.8 Å². The summed E-state index contributed by atoms with van der Waals surface area (Å²) in [6.45, 7) is 4.33. The third-order valence-electron chi connectivity index (χ3n) is 2.94. The molecule has 0 aliphatic heterocycles. The first kappa shape index (κ1) is 14.2. The van der Waals surface area contributed by atoms with E-state index in [4.69, 9.17) is 15.3 Å². The monoisotopic (exact) mass is 274 g/mol. The molecule has 1 aromatic carbocycles. The molecular formula is C14H18N4O2. The standard InChI is InChI=1S/C14H18N4O2/c1-9-5-4-6-11(10(9)2)20-14-7-12(18-15)16-13(17-14)8-19-3/h4-7H,8,15H2,1-3H3,(H,16,17,18). The molecule has 0 spiro atoms. The summed E-state index contributed by atoms with van der Waals surface area (Å²) in [6, 6.07) is 7.51. The fourth-order valence-corrected chi connectivity index (χ4v) is 1.74. The van der Waals surface area contributed by atoms with Crippen LogP contribution in [0, 0.1) is 13.8 Å². The Morgan fingerprint density at radius 1 is 1.25 bits per heavy atom. The van der Waals surface area contributed by atoms with Crippen molar-refractivity contribution in [3.8, 4) is 11.6 Å². The molecule has 0 atom stereocenters. The lowest BCUT2D eigenvalue weighted by Gasteiger charge is -2.11. The van der Waals surface area contributed by atoms with Crippen molar-refractivity contribution in [1.82, 2.24) is 9.97 Å². The Morgan fingerprint density at radius 3 is 2.75 bits per heavy atom. The molecule has 106 valence electrons. The van der Waals surface area contributed by atoms with Gasteiger partial charge in [0, 0.05) is 13.2 Å². The molecule has 0 radical (unpaired) electrons. The molecule has 1 heterocycles. The molecule has 0 aliphatic carbocycles. The zero-order valence-electron chi connectivity index (χ0n) is 11.8. The molecule has 0 amide bonds. The van der Waals surface area contributed by atoms with Crippen LogP contribution in [0.1, 0.15) is 17.0 Å². The second-order valence-electron chi connectivity index (χ2n) is 4.39. The second-order valence-corrected chi connectivity index (χ2v) is 4.39. The number of methoxy groups -OCH3 is 1. The minimum absolute atomic E-state index is 0.290. The average Bonchev–Trinajstić information content (AvgIpc) is 2.44. The maximum atomic E-state index is 5.82. The third kappa shape index (κ3) is 3.23. The Hall–Kier alpha value is -2.18. The van der Waals surface area contributed by atoms with E-state index in [9.17, 15) is 0 Å². The normalized spacial score (nSPS) is 10.4. The van der Waals surface area contributed by atoms with E-state index in [1.807, 2.05) is 32.0 Å².